The molecule has 0 saturated carbocycles. The first kappa shape index (κ1) is 14.4. The molecule has 0 saturated heterocycles. The first-order valence-corrected chi connectivity index (χ1v) is 7.59. The standard InChI is InChI=1S/C14H14Cl2N4O/c1-9-17-13(21-19-9)6-8-20-11-4-2-3-10(16)14(11)18-12(20)5-7-15/h2-4H,5-8H2,1H3. The van der Waals surface area contributed by atoms with Crippen molar-refractivity contribution in [3.05, 3.63) is 40.8 Å². The number of hydrogen-bond donors (Lipinski definition) is 0. The van der Waals surface area contributed by atoms with Crippen LogP contribution in [0, 0.1) is 6.92 Å². The average molecular weight is 325 g/mol. The van der Waals surface area contributed by atoms with E-state index in [9.17, 15) is 0 Å². The predicted molar refractivity (Wildman–Crippen MR) is 81.9 cm³/mol. The zero-order valence-electron chi connectivity index (χ0n) is 11.5. The van der Waals surface area contributed by atoms with Crippen molar-refractivity contribution in [1.82, 2.24) is 19.7 Å². The van der Waals surface area contributed by atoms with E-state index in [0.717, 1.165) is 16.9 Å². The second-order valence-corrected chi connectivity index (χ2v) is 5.50. The number of aromatic nitrogens is 4. The molecule has 3 rings (SSSR count). The van der Waals surface area contributed by atoms with Crippen LogP contribution in [0.15, 0.2) is 22.7 Å². The fourth-order valence-electron chi connectivity index (χ4n) is 2.33. The third-order valence-corrected chi connectivity index (χ3v) is 3.74. The first-order valence-electron chi connectivity index (χ1n) is 6.68. The Balaban J connectivity index is 1.95. The molecule has 110 valence electrons. The van der Waals surface area contributed by atoms with Crippen molar-refractivity contribution in [3.8, 4) is 0 Å². The number of rotatable bonds is 5. The topological polar surface area (TPSA) is 56.7 Å². The Morgan fingerprint density at radius 1 is 1.24 bits per heavy atom. The van der Waals surface area contributed by atoms with Crippen molar-refractivity contribution in [2.24, 2.45) is 0 Å². The molecule has 0 amide bonds. The smallest absolute Gasteiger partial charge is 0.228 e. The SMILES string of the molecule is Cc1noc(CCn2c(CCCl)nc3c(Cl)cccc32)n1. The van der Waals surface area contributed by atoms with Crippen molar-refractivity contribution in [3.63, 3.8) is 0 Å². The average Bonchev–Trinajstić information content (AvgIpc) is 3.02. The summed E-state index contributed by atoms with van der Waals surface area (Å²) in [7, 11) is 0. The Bertz CT molecular complexity index is 766. The van der Waals surface area contributed by atoms with Crippen LogP contribution in [0.1, 0.15) is 17.5 Å². The van der Waals surface area contributed by atoms with Gasteiger partial charge in [0.1, 0.15) is 11.3 Å². The zero-order chi connectivity index (χ0) is 14.8. The summed E-state index contributed by atoms with van der Waals surface area (Å²) in [5.41, 5.74) is 1.81. The van der Waals surface area contributed by atoms with Gasteiger partial charge in [-0.1, -0.05) is 22.8 Å². The lowest BCUT2D eigenvalue weighted by molar-refractivity contribution is 0.368. The quantitative estimate of drug-likeness (QED) is 0.675. The number of fused-ring (bicyclic) bond motifs is 1. The summed E-state index contributed by atoms with van der Waals surface area (Å²) in [5.74, 6) is 2.70. The summed E-state index contributed by atoms with van der Waals surface area (Å²) in [6, 6.07) is 5.77. The summed E-state index contributed by atoms with van der Waals surface area (Å²) in [6.45, 7) is 2.50. The van der Waals surface area contributed by atoms with E-state index < -0.39 is 0 Å². The number of aryl methyl sites for hydroxylation is 4. The molecule has 0 unspecified atom stereocenters. The van der Waals surface area contributed by atoms with Crippen LogP contribution in [0.25, 0.3) is 11.0 Å². The lowest BCUT2D eigenvalue weighted by Crippen LogP contribution is -2.07. The maximum absolute atomic E-state index is 6.21. The molecule has 7 heteroatoms. The van der Waals surface area contributed by atoms with Crippen molar-refractivity contribution < 1.29 is 4.52 Å². The van der Waals surface area contributed by atoms with E-state index >= 15 is 0 Å². The summed E-state index contributed by atoms with van der Waals surface area (Å²) in [4.78, 5) is 8.82. The molecule has 0 bridgehead atoms. The second-order valence-electron chi connectivity index (χ2n) is 4.71. The minimum Gasteiger partial charge on any atom is -0.339 e. The summed E-state index contributed by atoms with van der Waals surface area (Å²) >= 11 is 12.1. The predicted octanol–water partition coefficient (Wildman–Crippen LogP) is 3.41. The minimum atomic E-state index is 0.514. The third-order valence-electron chi connectivity index (χ3n) is 3.25. The lowest BCUT2D eigenvalue weighted by Gasteiger charge is -2.06. The summed E-state index contributed by atoms with van der Waals surface area (Å²) in [5, 5.41) is 4.45. The molecule has 0 aliphatic carbocycles. The van der Waals surface area contributed by atoms with Gasteiger partial charge in [0, 0.05) is 25.3 Å². The molecule has 3 aromatic rings. The number of hydrogen-bond acceptors (Lipinski definition) is 4. The van der Waals surface area contributed by atoms with Crippen LogP contribution in [0.2, 0.25) is 5.02 Å². The highest BCUT2D eigenvalue weighted by atomic mass is 35.5. The van der Waals surface area contributed by atoms with Crippen LogP contribution in [0.4, 0.5) is 0 Å². The van der Waals surface area contributed by atoms with E-state index in [1.807, 2.05) is 18.2 Å². The highest BCUT2D eigenvalue weighted by molar-refractivity contribution is 6.34. The minimum absolute atomic E-state index is 0.514. The molecular formula is C14H14Cl2N4O. The monoisotopic (exact) mass is 324 g/mol. The van der Waals surface area contributed by atoms with Crippen molar-refractivity contribution >= 4 is 34.2 Å². The highest BCUT2D eigenvalue weighted by Crippen LogP contribution is 2.24. The van der Waals surface area contributed by atoms with E-state index in [0.29, 0.717) is 42.0 Å². The Hall–Kier alpha value is -1.59. The lowest BCUT2D eigenvalue weighted by atomic mass is 10.3. The number of para-hydroxylation sites is 1. The Morgan fingerprint density at radius 3 is 2.81 bits per heavy atom. The van der Waals surface area contributed by atoms with Gasteiger partial charge >= 0.3 is 0 Å². The highest BCUT2D eigenvalue weighted by Gasteiger charge is 2.13. The normalized spacial score (nSPS) is 11.4. The molecule has 0 radical (unpaired) electrons. The van der Waals surface area contributed by atoms with Crippen LogP contribution in [-0.4, -0.2) is 25.6 Å². The van der Waals surface area contributed by atoms with Crippen LogP contribution in [0.5, 0.6) is 0 Å². The third kappa shape index (κ3) is 2.89. The molecule has 1 aromatic carbocycles. The van der Waals surface area contributed by atoms with Crippen molar-refractivity contribution in [2.75, 3.05) is 5.88 Å². The second kappa shape index (κ2) is 6.03. The van der Waals surface area contributed by atoms with Gasteiger partial charge in [-0.05, 0) is 19.1 Å². The number of alkyl halides is 1. The maximum atomic E-state index is 6.21. The molecule has 21 heavy (non-hydrogen) atoms. The largest absolute Gasteiger partial charge is 0.339 e. The molecule has 0 aliphatic rings. The van der Waals surface area contributed by atoms with Crippen LogP contribution in [-0.2, 0) is 19.4 Å². The van der Waals surface area contributed by atoms with Gasteiger partial charge in [-0.15, -0.1) is 11.6 Å². The molecule has 0 atom stereocenters. The maximum Gasteiger partial charge on any atom is 0.228 e. The number of benzene rings is 1. The molecule has 0 aliphatic heterocycles. The van der Waals surface area contributed by atoms with E-state index in [1.54, 1.807) is 6.92 Å². The molecule has 5 nitrogen and oxygen atoms in total. The Morgan fingerprint density at radius 2 is 2.10 bits per heavy atom. The van der Waals surface area contributed by atoms with Gasteiger partial charge in [0.2, 0.25) is 5.89 Å². The van der Waals surface area contributed by atoms with Gasteiger partial charge in [-0.2, -0.15) is 4.98 Å². The van der Waals surface area contributed by atoms with Crippen molar-refractivity contribution in [2.45, 2.75) is 26.3 Å². The Kier molecular flexibility index (Phi) is 4.12. The molecule has 0 N–H and O–H groups in total. The van der Waals surface area contributed by atoms with E-state index in [1.165, 1.54) is 0 Å². The van der Waals surface area contributed by atoms with Crippen LogP contribution < -0.4 is 0 Å². The van der Waals surface area contributed by atoms with E-state index in [2.05, 4.69) is 19.7 Å². The van der Waals surface area contributed by atoms with Crippen molar-refractivity contribution in [1.29, 1.82) is 0 Å². The summed E-state index contributed by atoms with van der Waals surface area (Å²) < 4.78 is 7.27. The molecule has 2 aromatic heterocycles. The first-order chi connectivity index (χ1) is 10.2. The molecular weight excluding hydrogens is 311 g/mol. The zero-order valence-corrected chi connectivity index (χ0v) is 13.0. The summed E-state index contributed by atoms with van der Waals surface area (Å²) in [6.07, 6.45) is 1.34. The van der Waals surface area contributed by atoms with Crippen LogP contribution >= 0.6 is 23.2 Å². The Labute approximate surface area is 131 Å². The van der Waals surface area contributed by atoms with E-state index in [4.69, 9.17) is 27.7 Å². The van der Waals surface area contributed by atoms with Crippen LogP contribution in [0.3, 0.4) is 0 Å². The van der Waals surface area contributed by atoms with Gasteiger partial charge in [-0.25, -0.2) is 4.98 Å². The van der Waals surface area contributed by atoms with Gasteiger partial charge < -0.3 is 9.09 Å². The van der Waals surface area contributed by atoms with Gasteiger partial charge in [-0.3, -0.25) is 0 Å². The van der Waals surface area contributed by atoms with Gasteiger partial charge in [0.15, 0.2) is 5.82 Å². The van der Waals surface area contributed by atoms with Gasteiger partial charge in [0.25, 0.3) is 0 Å². The fourth-order valence-corrected chi connectivity index (χ4v) is 2.72. The molecule has 0 spiro atoms. The molecule has 0 fully saturated rings. The van der Waals surface area contributed by atoms with E-state index in [-0.39, 0.29) is 0 Å². The van der Waals surface area contributed by atoms with Gasteiger partial charge in [0.05, 0.1) is 10.5 Å². The number of halogens is 2. The fraction of sp³-hybridized carbons (Fsp3) is 0.357. The number of imidazole rings is 1. The number of nitrogens with zero attached hydrogens (tertiary/aromatic N) is 4. The molecule has 2 heterocycles.